The number of nitrogens with zero attached hydrogens (tertiary/aromatic N) is 1. The molecule has 1 saturated heterocycles. The summed E-state index contributed by atoms with van der Waals surface area (Å²) < 4.78 is 5.47. The fraction of sp³-hybridized carbons (Fsp3) is 0.727. The van der Waals surface area contributed by atoms with E-state index < -0.39 is 0 Å². The molecule has 15 heavy (non-hydrogen) atoms. The summed E-state index contributed by atoms with van der Waals surface area (Å²) in [6.07, 6.45) is 3.13. The number of rotatable bonds is 3. The highest BCUT2D eigenvalue weighted by atomic mass is 16.5. The Morgan fingerprint density at radius 2 is 2.40 bits per heavy atom. The lowest BCUT2D eigenvalue weighted by Crippen LogP contribution is -2.24. The first-order valence-electron chi connectivity index (χ1n) is 5.58. The Hall–Kier alpha value is -1.03. The lowest BCUT2D eigenvalue weighted by Gasteiger charge is -2.21. The molecular weight excluding hydrogens is 190 g/mol. The van der Waals surface area contributed by atoms with Crippen LogP contribution in [-0.4, -0.2) is 23.4 Å². The summed E-state index contributed by atoms with van der Waals surface area (Å²) in [5.74, 6) is 0.653. The Balaban J connectivity index is 2.34. The molecule has 1 unspecified atom stereocenters. The van der Waals surface area contributed by atoms with Crippen molar-refractivity contribution in [3.63, 3.8) is 0 Å². The minimum Gasteiger partial charge on any atom is -0.382 e. The third kappa shape index (κ3) is 1.74. The third-order valence-electron chi connectivity index (χ3n) is 3.22. The van der Waals surface area contributed by atoms with Gasteiger partial charge in [-0.05, 0) is 12.8 Å². The molecule has 0 spiro atoms. The number of hydrogen-bond acceptors (Lipinski definition) is 3. The van der Waals surface area contributed by atoms with Crippen LogP contribution in [-0.2, 0) is 16.6 Å². The summed E-state index contributed by atoms with van der Waals surface area (Å²) in [6, 6.07) is 0. The summed E-state index contributed by atoms with van der Waals surface area (Å²) in [4.78, 5) is 0. The summed E-state index contributed by atoms with van der Waals surface area (Å²) in [6.45, 7) is 5.97. The van der Waals surface area contributed by atoms with Gasteiger partial charge in [0, 0.05) is 23.3 Å². The Bertz CT molecular complexity index is 340. The first-order chi connectivity index (χ1) is 7.17. The van der Waals surface area contributed by atoms with E-state index >= 15 is 0 Å². The van der Waals surface area contributed by atoms with Gasteiger partial charge in [0.1, 0.15) is 5.82 Å². The monoisotopic (exact) mass is 209 g/mol. The Morgan fingerprint density at radius 3 is 3.00 bits per heavy atom. The van der Waals surface area contributed by atoms with Crippen molar-refractivity contribution in [2.45, 2.75) is 38.5 Å². The Labute approximate surface area is 90.2 Å². The van der Waals surface area contributed by atoms with Crippen molar-refractivity contribution in [3.8, 4) is 0 Å². The smallest absolute Gasteiger partial charge is 0.148 e. The van der Waals surface area contributed by atoms with Crippen LogP contribution in [0.2, 0.25) is 0 Å². The van der Waals surface area contributed by atoms with Gasteiger partial charge in [0.2, 0.25) is 0 Å². The normalized spacial score (nSPS) is 26.0. The van der Waals surface area contributed by atoms with Gasteiger partial charge in [-0.2, -0.15) is 5.10 Å². The molecule has 0 bridgehead atoms. The van der Waals surface area contributed by atoms with Gasteiger partial charge in [-0.15, -0.1) is 0 Å². The number of anilines is 1. The predicted molar refractivity (Wildman–Crippen MR) is 59.8 cm³/mol. The molecule has 0 radical (unpaired) electrons. The van der Waals surface area contributed by atoms with Gasteiger partial charge in [0.05, 0.1) is 6.61 Å². The minimum absolute atomic E-state index is 0.0785. The molecule has 1 aromatic heterocycles. The van der Waals surface area contributed by atoms with E-state index in [1.807, 2.05) is 0 Å². The number of hydrogen-bond donors (Lipinski definition) is 2. The molecule has 0 saturated carbocycles. The van der Waals surface area contributed by atoms with E-state index in [0.29, 0.717) is 5.82 Å². The number of aromatic amines is 1. The summed E-state index contributed by atoms with van der Waals surface area (Å²) in [7, 11) is 0. The van der Waals surface area contributed by atoms with E-state index in [0.717, 1.165) is 32.5 Å². The number of nitrogen functional groups attached to an aromatic ring is 1. The molecule has 1 atom stereocenters. The summed E-state index contributed by atoms with van der Waals surface area (Å²) >= 11 is 0. The number of nitrogens with one attached hydrogen (secondary N) is 1. The van der Waals surface area contributed by atoms with Crippen LogP contribution in [0, 0.1) is 0 Å². The molecule has 3 N–H and O–H groups in total. The van der Waals surface area contributed by atoms with Crippen molar-refractivity contribution in [1.82, 2.24) is 10.2 Å². The molecule has 1 fully saturated rings. The quantitative estimate of drug-likeness (QED) is 0.795. The second kappa shape index (κ2) is 3.85. The Morgan fingerprint density at radius 1 is 1.60 bits per heavy atom. The SMILES string of the molecule is CCCc1c(N)n[nH]c1C1(C)CCOC1. The van der Waals surface area contributed by atoms with Gasteiger partial charge in [0.25, 0.3) is 0 Å². The summed E-state index contributed by atoms with van der Waals surface area (Å²) in [5.41, 5.74) is 8.31. The van der Waals surface area contributed by atoms with E-state index in [1.54, 1.807) is 0 Å². The largest absolute Gasteiger partial charge is 0.382 e. The van der Waals surface area contributed by atoms with Gasteiger partial charge in [-0.3, -0.25) is 5.10 Å². The van der Waals surface area contributed by atoms with E-state index in [1.165, 1.54) is 11.3 Å². The van der Waals surface area contributed by atoms with Crippen molar-refractivity contribution in [2.24, 2.45) is 0 Å². The van der Waals surface area contributed by atoms with Crippen LogP contribution in [0.4, 0.5) is 5.82 Å². The molecule has 0 aliphatic carbocycles. The van der Waals surface area contributed by atoms with Crippen LogP contribution in [0.25, 0.3) is 0 Å². The molecule has 0 aromatic carbocycles. The highest BCUT2D eigenvalue weighted by Crippen LogP contribution is 2.35. The van der Waals surface area contributed by atoms with Crippen LogP contribution in [0.15, 0.2) is 0 Å². The molecule has 0 amide bonds. The van der Waals surface area contributed by atoms with Gasteiger partial charge in [-0.1, -0.05) is 20.3 Å². The van der Waals surface area contributed by atoms with Crippen molar-refractivity contribution < 1.29 is 4.74 Å². The van der Waals surface area contributed by atoms with Crippen LogP contribution < -0.4 is 5.73 Å². The van der Waals surface area contributed by atoms with Crippen LogP contribution in [0.5, 0.6) is 0 Å². The summed E-state index contributed by atoms with van der Waals surface area (Å²) in [5, 5.41) is 7.21. The minimum atomic E-state index is 0.0785. The van der Waals surface area contributed by atoms with Crippen molar-refractivity contribution >= 4 is 5.82 Å². The maximum absolute atomic E-state index is 5.87. The fourth-order valence-electron chi connectivity index (χ4n) is 2.25. The predicted octanol–water partition coefficient (Wildman–Crippen LogP) is 1.62. The average molecular weight is 209 g/mol. The third-order valence-corrected chi connectivity index (χ3v) is 3.22. The molecule has 84 valence electrons. The molecule has 4 nitrogen and oxygen atoms in total. The van der Waals surface area contributed by atoms with Crippen molar-refractivity contribution in [1.29, 1.82) is 0 Å². The van der Waals surface area contributed by atoms with E-state index in [2.05, 4.69) is 24.0 Å². The van der Waals surface area contributed by atoms with Crippen molar-refractivity contribution in [3.05, 3.63) is 11.3 Å². The fourth-order valence-corrected chi connectivity index (χ4v) is 2.25. The van der Waals surface area contributed by atoms with E-state index in [9.17, 15) is 0 Å². The molecule has 2 heterocycles. The lowest BCUT2D eigenvalue weighted by molar-refractivity contribution is 0.179. The zero-order valence-corrected chi connectivity index (χ0v) is 9.47. The topological polar surface area (TPSA) is 63.9 Å². The van der Waals surface area contributed by atoms with E-state index in [4.69, 9.17) is 10.5 Å². The maximum atomic E-state index is 5.87. The number of ether oxygens (including phenoxy) is 1. The standard InChI is InChI=1S/C11H19N3O/c1-3-4-8-9(13-14-10(8)12)11(2)5-6-15-7-11/h3-7H2,1-2H3,(H3,12,13,14). The zero-order valence-electron chi connectivity index (χ0n) is 9.47. The second-order valence-electron chi connectivity index (χ2n) is 4.58. The number of aromatic nitrogens is 2. The van der Waals surface area contributed by atoms with Gasteiger partial charge >= 0.3 is 0 Å². The first kappa shape index (κ1) is 10.5. The van der Waals surface area contributed by atoms with Crippen LogP contribution >= 0.6 is 0 Å². The van der Waals surface area contributed by atoms with Crippen LogP contribution in [0.3, 0.4) is 0 Å². The average Bonchev–Trinajstić information content (AvgIpc) is 2.77. The maximum Gasteiger partial charge on any atom is 0.148 e. The molecule has 1 aliphatic rings. The molecule has 1 aromatic rings. The van der Waals surface area contributed by atoms with Crippen LogP contribution in [0.1, 0.15) is 37.9 Å². The van der Waals surface area contributed by atoms with Crippen molar-refractivity contribution in [2.75, 3.05) is 18.9 Å². The highest BCUT2D eigenvalue weighted by molar-refractivity contribution is 5.45. The van der Waals surface area contributed by atoms with Gasteiger partial charge in [-0.25, -0.2) is 0 Å². The van der Waals surface area contributed by atoms with Gasteiger partial charge in [0.15, 0.2) is 0 Å². The second-order valence-corrected chi connectivity index (χ2v) is 4.58. The molecule has 1 aliphatic heterocycles. The highest BCUT2D eigenvalue weighted by Gasteiger charge is 2.35. The first-order valence-corrected chi connectivity index (χ1v) is 5.58. The molecular formula is C11H19N3O. The zero-order chi connectivity index (χ0) is 10.9. The molecule has 4 heteroatoms. The van der Waals surface area contributed by atoms with Gasteiger partial charge < -0.3 is 10.5 Å². The Kier molecular flexibility index (Phi) is 2.69. The number of nitrogens with two attached hydrogens (primary N) is 1. The van der Waals surface area contributed by atoms with E-state index in [-0.39, 0.29) is 5.41 Å². The molecule has 2 rings (SSSR count). The lowest BCUT2D eigenvalue weighted by atomic mass is 9.83. The number of H-pyrrole nitrogens is 1.